The molecule has 2 amide bonds. The van der Waals surface area contributed by atoms with Crippen LogP contribution < -0.4 is 16.2 Å². The second kappa shape index (κ2) is 12.3. The van der Waals surface area contributed by atoms with E-state index in [2.05, 4.69) is 10.6 Å². The van der Waals surface area contributed by atoms with Gasteiger partial charge in [0.2, 0.25) is 0 Å². The molecule has 0 spiro atoms. The Balaban J connectivity index is 1.51. The van der Waals surface area contributed by atoms with Crippen molar-refractivity contribution in [3.63, 3.8) is 0 Å². The molecule has 200 valence electrons. The van der Waals surface area contributed by atoms with Gasteiger partial charge in [-0.05, 0) is 77.4 Å². The van der Waals surface area contributed by atoms with Crippen molar-refractivity contribution in [1.29, 1.82) is 0 Å². The summed E-state index contributed by atoms with van der Waals surface area (Å²) in [6.45, 7) is 6.24. The zero-order valence-electron chi connectivity index (χ0n) is 22.4. The number of hydrogen-bond donors (Lipinski definition) is 3. The highest BCUT2D eigenvalue weighted by molar-refractivity contribution is 6.00. The Morgan fingerprint density at radius 1 is 0.923 bits per heavy atom. The van der Waals surface area contributed by atoms with Gasteiger partial charge in [0.25, 0.3) is 5.56 Å². The van der Waals surface area contributed by atoms with Crippen LogP contribution in [-0.2, 0) is 17.8 Å². The number of carbonyl (C=O) groups excluding carboxylic acids is 1. The number of aliphatic carboxylic acids is 1. The Labute approximate surface area is 228 Å². The number of pyridine rings is 1. The van der Waals surface area contributed by atoms with Gasteiger partial charge in [-0.1, -0.05) is 62.4 Å². The third-order valence-corrected chi connectivity index (χ3v) is 6.84. The van der Waals surface area contributed by atoms with Gasteiger partial charge in [-0.3, -0.25) is 9.59 Å². The summed E-state index contributed by atoms with van der Waals surface area (Å²) in [6.07, 6.45) is 2.52. The Kier molecular flexibility index (Phi) is 8.61. The number of carboxylic acid groups (broad SMARTS) is 1. The summed E-state index contributed by atoms with van der Waals surface area (Å²) >= 11 is 0. The standard InChI is InChI=1S/C32H33N3O4/c1-4-24-19-26(15-16-29(24)34-32(39)33-28-10-6-5-8-21(28)2)27-9-7-17-35(31(27)38)20-23-11-13-25(14-12-23)22(3)18-30(36)37/h5-17,19,22H,4,18,20H2,1-3H3,(H,36,37)(H2,33,34,39)/t22-/m1/s1. The molecule has 0 saturated carbocycles. The molecule has 4 aromatic rings. The van der Waals surface area contributed by atoms with Crippen LogP contribution in [0.4, 0.5) is 16.2 Å². The van der Waals surface area contributed by atoms with Crippen LogP contribution in [0.15, 0.2) is 89.9 Å². The number of benzene rings is 3. The average Bonchev–Trinajstić information content (AvgIpc) is 2.91. The summed E-state index contributed by atoms with van der Waals surface area (Å²) in [4.78, 5) is 37.0. The minimum absolute atomic E-state index is 0.0757. The first-order chi connectivity index (χ1) is 18.7. The zero-order chi connectivity index (χ0) is 27.9. The molecule has 0 fully saturated rings. The van der Waals surface area contributed by atoms with Crippen molar-refractivity contribution in [3.05, 3.63) is 118 Å². The maximum absolute atomic E-state index is 13.4. The number of anilines is 2. The lowest BCUT2D eigenvalue weighted by Crippen LogP contribution is -2.22. The molecule has 7 heteroatoms. The molecule has 0 bridgehead atoms. The number of carboxylic acids is 1. The fraction of sp³-hybridized carbons (Fsp3) is 0.219. The van der Waals surface area contributed by atoms with Crippen LogP contribution in [0.5, 0.6) is 0 Å². The van der Waals surface area contributed by atoms with Gasteiger partial charge in [-0.25, -0.2) is 4.79 Å². The summed E-state index contributed by atoms with van der Waals surface area (Å²) in [7, 11) is 0. The molecule has 3 aromatic carbocycles. The monoisotopic (exact) mass is 523 g/mol. The van der Waals surface area contributed by atoms with E-state index < -0.39 is 5.97 Å². The predicted molar refractivity (Wildman–Crippen MR) is 156 cm³/mol. The van der Waals surface area contributed by atoms with Crippen molar-refractivity contribution in [2.45, 2.75) is 46.1 Å². The van der Waals surface area contributed by atoms with Crippen molar-refractivity contribution >= 4 is 23.4 Å². The maximum atomic E-state index is 13.4. The van der Waals surface area contributed by atoms with Gasteiger partial charge in [0.05, 0.1) is 13.0 Å². The van der Waals surface area contributed by atoms with E-state index in [0.717, 1.165) is 33.5 Å². The number of rotatable bonds is 9. The van der Waals surface area contributed by atoms with Crippen LogP contribution in [-0.4, -0.2) is 21.7 Å². The molecule has 7 nitrogen and oxygen atoms in total. The third kappa shape index (κ3) is 6.82. The number of nitrogens with zero attached hydrogens (tertiary/aromatic N) is 1. The number of amides is 2. The quantitative estimate of drug-likeness (QED) is 0.228. The molecule has 0 aliphatic heterocycles. The molecular formula is C32H33N3O4. The van der Waals surface area contributed by atoms with Crippen LogP contribution in [0, 0.1) is 6.92 Å². The van der Waals surface area contributed by atoms with Gasteiger partial charge >= 0.3 is 12.0 Å². The molecule has 0 unspecified atom stereocenters. The van der Waals surface area contributed by atoms with Gasteiger partial charge in [0.1, 0.15) is 0 Å². The number of hydrogen-bond acceptors (Lipinski definition) is 3. The van der Waals surface area contributed by atoms with Crippen LogP contribution in [0.2, 0.25) is 0 Å². The fourth-order valence-electron chi connectivity index (χ4n) is 4.57. The van der Waals surface area contributed by atoms with E-state index in [4.69, 9.17) is 5.11 Å². The number of aryl methyl sites for hydroxylation is 2. The van der Waals surface area contributed by atoms with Crippen LogP contribution in [0.1, 0.15) is 48.4 Å². The lowest BCUT2D eigenvalue weighted by atomic mass is 9.97. The first-order valence-electron chi connectivity index (χ1n) is 13.0. The fourth-order valence-corrected chi connectivity index (χ4v) is 4.57. The summed E-state index contributed by atoms with van der Waals surface area (Å²) in [5, 5.41) is 14.9. The SMILES string of the molecule is CCc1cc(-c2cccn(Cc3ccc([C@H](C)CC(=O)O)cc3)c2=O)ccc1NC(=O)Nc1ccccc1C. The molecule has 3 N–H and O–H groups in total. The van der Waals surface area contributed by atoms with E-state index >= 15 is 0 Å². The molecule has 1 heterocycles. The molecule has 0 radical (unpaired) electrons. The molecule has 1 aromatic heterocycles. The minimum Gasteiger partial charge on any atom is -0.481 e. The number of urea groups is 1. The van der Waals surface area contributed by atoms with Gasteiger partial charge in [0, 0.05) is 23.1 Å². The molecule has 0 aliphatic carbocycles. The maximum Gasteiger partial charge on any atom is 0.323 e. The van der Waals surface area contributed by atoms with E-state index in [9.17, 15) is 14.4 Å². The van der Waals surface area contributed by atoms with E-state index in [1.54, 1.807) is 10.8 Å². The first kappa shape index (κ1) is 27.4. The summed E-state index contributed by atoms with van der Waals surface area (Å²) in [5.74, 6) is -0.906. The van der Waals surface area contributed by atoms with Crippen molar-refractivity contribution in [2.24, 2.45) is 0 Å². The molecule has 0 saturated heterocycles. The number of aromatic nitrogens is 1. The largest absolute Gasteiger partial charge is 0.481 e. The summed E-state index contributed by atoms with van der Waals surface area (Å²) in [6, 6.07) is 24.3. The minimum atomic E-state index is -0.824. The van der Waals surface area contributed by atoms with E-state index in [0.29, 0.717) is 24.2 Å². The molecule has 4 rings (SSSR count). The predicted octanol–water partition coefficient (Wildman–Crippen LogP) is 6.66. The Morgan fingerprint density at radius 2 is 1.64 bits per heavy atom. The highest BCUT2D eigenvalue weighted by Crippen LogP contribution is 2.25. The van der Waals surface area contributed by atoms with Crippen molar-refractivity contribution < 1.29 is 14.7 Å². The molecule has 0 aliphatic rings. The van der Waals surface area contributed by atoms with E-state index in [1.165, 1.54) is 0 Å². The second-order valence-electron chi connectivity index (χ2n) is 9.71. The molecule has 1 atom stereocenters. The summed E-state index contributed by atoms with van der Waals surface area (Å²) in [5.41, 5.74) is 6.50. The Bertz CT molecular complexity index is 1540. The van der Waals surface area contributed by atoms with Crippen LogP contribution in [0.25, 0.3) is 11.1 Å². The van der Waals surface area contributed by atoms with Crippen LogP contribution in [0.3, 0.4) is 0 Å². The van der Waals surface area contributed by atoms with E-state index in [-0.39, 0.29) is 23.9 Å². The smallest absolute Gasteiger partial charge is 0.323 e. The lowest BCUT2D eigenvalue weighted by molar-refractivity contribution is -0.137. The highest BCUT2D eigenvalue weighted by Gasteiger charge is 2.13. The summed E-state index contributed by atoms with van der Waals surface area (Å²) < 4.78 is 1.67. The van der Waals surface area contributed by atoms with Crippen LogP contribution >= 0.6 is 0 Å². The third-order valence-electron chi connectivity index (χ3n) is 6.84. The van der Waals surface area contributed by atoms with Gasteiger partial charge in [-0.2, -0.15) is 0 Å². The van der Waals surface area contributed by atoms with Crippen molar-refractivity contribution in [1.82, 2.24) is 4.57 Å². The second-order valence-corrected chi connectivity index (χ2v) is 9.71. The Morgan fingerprint density at radius 3 is 2.33 bits per heavy atom. The number of para-hydroxylation sites is 1. The van der Waals surface area contributed by atoms with Crippen molar-refractivity contribution in [3.8, 4) is 11.1 Å². The Hall–Kier alpha value is -4.65. The van der Waals surface area contributed by atoms with Gasteiger partial charge < -0.3 is 20.3 Å². The average molecular weight is 524 g/mol. The first-order valence-corrected chi connectivity index (χ1v) is 13.0. The zero-order valence-corrected chi connectivity index (χ0v) is 22.4. The number of carbonyl (C=O) groups is 2. The normalized spacial score (nSPS) is 11.6. The molecular weight excluding hydrogens is 490 g/mol. The van der Waals surface area contributed by atoms with Crippen molar-refractivity contribution in [2.75, 3.05) is 10.6 Å². The van der Waals surface area contributed by atoms with E-state index in [1.807, 2.05) is 99.6 Å². The highest BCUT2D eigenvalue weighted by atomic mass is 16.4. The molecule has 39 heavy (non-hydrogen) atoms. The van der Waals surface area contributed by atoms with Gasteiger partial charge in [-0.15, -0.1) is 0 Å². The lowest BCUT2D eigenvalue weighted by Gasteiger charge is -2.14. The topological polar surface area (TPSA) is 100 Å². The number of nitrogens with one attached hydrogen (secondary N) is 2. The van der Waals surface area contributed by atoms with Gasteiger partial charge in [0.15, 0.2) is 0 Å².